The average Bonchev–Trinajstić information content (AvgIpc) is 3.06. The van der Waals surface area contributed by atoms with E-state index in [-0.39, 0.29) is 28.9 Å². The van der Waals surface area contributed by atoms with Gasteiger partial charge in [0.15, 0.2) is 0 Å². The standard InChI is InChI=1S/C18H19N5O5/c1-18(2,3)10-22-13-7-14(21-5-4-11(9-21)8-19-26)15(23(27)28)6-12(13)20-16(24)17(22)25/h4-9,26H,10H2,1-3H3,(H,20,24). The van der Waals surface area contributed by atoms with Crippen molar-refractivity contribution in [2.45, 2.75) is 27.3 Å². The molecule has 10 heteroatoms. The molecule has 0 unspecified atom stereocenters. The van der Waals surface area contributed by atoms with Crippen LogP contribution in [0.3, 0.4) is 0 Å². The van der Waals surface area contributed by atoms with E-state index >= 15 is 0 Å². The number of oxime groups is 1. The number of nitro benzene ring substituents is 1. The largest absolute Gasteiger partial charge is 0.411 e. The molecular weight excluding hydrogens is 366 g/mol. The summed E-state index contributed by atoms with van der Waals surface area (Å²) in [5, 5.41) is 23.2. The molecule has 2 heterocycles. The van der Waals surface area contributed by atoms with Crippen LogP contribution in [-0.2, 0) is 6.54 Å². The van der Waals surface area contributed by atoms with Gasteiger partial charge in [0.05, 0.1) is 22.2 Å². The molecule has 3 rings (SSSR count). The lowest BCUT2D eigenvalue weighted by Gasteiger charge is -2.21. The quantitative estimate of drug-likeness (QED) is 0.233. The van der Waals surface area contributed by atoms with Crippen LogP contribution in [-0.4, -0.2) is 30.5 Å². The Bertz CT molecular complexity index is 1210. The first kappa shape index (κ1) is 19.1. The van der Waals surface area contributed by atoms with E-state index in [9.17, 15) is 19.7 Å². The Morgan fingerprint density at radius 1 is 1.32 bits per heavy atom. The van der Waals surface area contributed by atoms with Gasteiger partial charge in [-0.25, -0.2) is 0 Å². The number of H-pyrrole nitrogens is 1. The Kier molecular flexibility index (Phi) is 4.63. The zero-order chi connectivity index (χ0) is 20.6. The topological polar surface area (TPSA) is 136 Å². The maximum atomic E-state index is 12.4. The lowest BCUT2D eigenvalue weighted by Crippen LogP contribution is -2.38. The van der Waals surface area contributed by atoms with E-state index in [1.54, 1.807) is 18.5 Å². The summed E-state index contributed by atoms with van der Waals surface area (Å²) >= 11 is 0. The van der Waals surface area contributed by atoms with Gasteiger partial charge in [-0.15, -0.1) is 0 Å². The number of nitro groups is 1. The molecule has 2 N–H and O–H groups in total. The first-order chi connectivity index (χ1) is 13.1. The summed E-state index contributed by atoms with van der Waals surface area (Å²) in [6.07, 6.45) is 4.31. The highest BCUT2D eigenvalue weighted by Gasteiger charge is 2.22. The van der Waals surface area contributed by atoms with Crippen LogP contribution in [0.15, 0.2) is 45.3 Å². The number of nitrogens with zero attached hydrogens (tertiary/aromatic N) is 4. The molecule has 0 spiro atoms. The molecule has 0 amide bonds. The molecule has 0 aliphatic carbocycles. The number of fused-ring (bicyclic) bond motifs is 1. The molecule has 0 radical (unpaired) electrons. The number of aromatic nitrogens is 3. The van der Waals surface area contributed by atoms with Gasteiger partial charge >= 0.3 is 11.1 Å². The molecule has 0 saturated heterocycles. The van der Waals surface area contributed by atoms with E-state index in [2.05, 4.69) is 10.1 Å². The summed E-state index contributed by atoms with van der Waals surface area (Å²) in [4.78, 5) is 38.0. The minimum Gasteiger partial charge on any atom is -0.411 e. The molecule has 2 aromatic heterocycles. The van der Waals surface area contributed by atoms with Gasteiger partial charge < -0.3 is 19.3 Å². The zero-order valence-electron chi connectivity index (χ0n) is 15.5. The predicted octanol–water partition coefficient (Wildman–Crippen LogP) is 2.24. The summed E-state index contributed by atoms with van der Waals surface area (Å²) in [5.41, 5.74) is -0.768. The van der Waals surface area contributed by atoms with Gasteiger partial charge in [-0.3, -0.25) is 19.7 Å². The Hall–Kier alpha value is -3.69. The lowest BCUT2D eigenvalue weighted by molar-refractivity contribution is -0.384. The van der Waals surface area contributed by atoms with Crippen molar-refractivity contribution in [2.24, 2.45) is 10.6 Å². The molecule has 146 valence electrons. The smallest absolute Gasteiger partial charge is 0.316 e. The fraction of sp³-hybridized carbons (Fsp3) is 0.278. The van der Waals surface area contributed by atoms with Gasteiger partial charge in [-0.05, 0) is 17.5 Å². The van der Waals surface area contributed by atoms with E-state index in [1.807, 2.05) is 20.8 Å². The predicted molar refractivity (Wildman–Crippen MR) is 104 cm³/mol. The number of aromatic amines is 1. The van der Waals surface area contributed by atoms with E-state index in [0.29, 0.717) is 11.1 Å². The minimum atomic E-state index is -0.832. The van der Waals surface area contributed by atoms with Crippen molar-refractivity contribution in [1.29, 1.82) is 0 Å². The van der Waals surface area contributed by atoms with Crippen molar-refractivity contribution in [3.8, 4) is 5.69 Å². The van der Waals surface area contributed by atoms with Crippen LogP contribution in [0.25, 0.3) is 16.7 Å². The third kappa shape index (κ3) is 3.56. The lowest BCUT2D eigenvalue weighted by atomic mass is 9.96. The Morgan fingerprint density at radius 2 is 2.04 bits per heavy atom. The van der Waals surface area contributed by atoms with Crippen molar-refractivity contribution in [3.05, 3.63) is 67.0 Å². The van der Waals surface area contributed by atoms with Crippen molar-refractivity contribution < 1.29 is 10.1 Å². The molecule has 0 fully saturated rings. The highest BCUT2D eigenvalue weighted by molar-refractivity contribution is 5.83. The minimum absolute atomic E-state index is 0.202. The second-order valence-electron chi connectivity index (χ2n) is 7.62. The van der Waals surface area contributed by atoms with Crippen molar-refractivity contribution in [1.82, 2.24) is 14.1 Å². The van der Waals surface area contributed by atoms with Crippen LogP contribution >= 0.6 is 0 Å². The Balaban J connectivity index is 2.37. The summed E-state index contributed by atoms with van der Waals surface area (Å²) in [7, 11) is 0. The number of benzene rings is 1. The SMILES string of the molecule is CC(C)(C)Cn1c(=O)c(=O)[nH]c2cc([N+](=O)[O-])c(-n3ccc(C=NO)c3)cc21. The van der Waals surface area contributed by atoms with Gasteiger partial charge in [-0.2, -0.15) is 0 Å². The average molecular weight is 385 g/mol. The number of rotatable bonds is 4. The fourth-order valence-electron chi connectivity index (χ4n) is 2.99. The highest BCUT2D eigenvalue weighted by atomic mass is 16.6. The first-order valence-electron chi connectivity index (χ1n) is 8.42. The Morgan fingerprint density at radius 3 is 2.64 bits per heavy atom. The molecule has 0 saturated carbocycles. The van der Waals surface area contributed by atoms with Crippen LogP contribution in [0.5, 0.6) is 0 Å². The van der Waals surface area contributed by atoms with Crippen LogP contribution in [0.1, 0.15) is 26.3 Å². The van der Waals surface area contributed by atoms with Crippen molar-refractivity contribution >= 4 is 22.9 Å². The molecule has 0 atom stereocenters. The van der Waals surface area contributed by atoms with E-state index in [4.69, 9.17) is 5.21 Å². The zero-order valence-corrected chi connectivity index (χ0v) is 15.5. The molecule has 3 aromatic rings. The third-order valence-corrected chi connectivity index (χ3v) is 4.10. The van der Waals surface area contributed by atoms with Gasteiger partial charge in [-0.1, -0.05) is 25.9 Å². The van der Waals surface area contributed by atoms with Gasteiger partial charge in [0.1, 0.15) is 5.69 Å². The normalized spacial score (nSPS) is 12.1. The summed E-state index contributed by atoms with van der Waals surface area (Å²) in [6, 6.07) is 4.35. The van der Waals surface area contributed by atoms with Crippen LogP contribution < -0.4 is 11.1 Å². The van der Waals surface area contributed by atoms with Crippen molar-refractivity contribution in [2.75, 3.05) is 0 Å². The Labute approximate surface area is 158 Å². The fourth-order valence-corrected chi connectivity index (χ4v) is 2.99. The first-order valence-corrected chi connectivity index (χ1v) is 8.42. The number of nitrogens with one attached hydrogen (secondary N) is 1. The second kappa shape index (κ2) is 6.80. The highest BCUT2D eigenvalue weighted by Crippen LogP contribution is 2.28. The van der Waals surface area contributed by atoms with Gasteiger partial charge in [0.2, 0.25) is 0 Å². The van der Waals surface area contributed by atoms with E-state index < -0.39 is 16.0 Å². The molecule has 1 aromatic carbocycles. The van der Waals surface area contributed by atoms with Crippen molar-refractivity contribution in [3.63, 3.8) is 0 Å². The molecule has 10 nitrogen and oxygen atoms in total. The van der Waals surface area contributed by atoms with Crippen LogP contribution in [0.2, 0.25) is 0 Å². The molecule has 0 aliphatic rings. The monoisotopic (exact) mass is 385 g/mol. The molecular formula is C18H19N5O5. The number of hydrogen-bond acceptors (Lipinski definition) is 6. The second-order valence-corrected chi connectivity index (χ2v) is 7.62. The summed E-state index contributed by atoms with van der Waals surface area (Å²) in [6.45, 7) is 6.03. The third-order valence-electron chi connectivity index (χ3n) is 4.10. The van der Waals surface area contributed by atoms with Crippen LogP contribution in [0, 0.1) is 15.5 Å². The number of hydrogen-bond donors (Lipinski definition) is 2. The summed E-state index contributed by atoms with van der Waals surface area (Å²) < 4.78 is 2.83. The molecule has 0 aliphatic heterocycles. The van der Waals surface area contributed by atoms with Crippen LogP contribution in [0.4, 0.5) is 5.69 Å². The van der Waals surface area contributed by atoms with E-state index in [0.717, 1.165) is 0 Å². The maximum Gasteiger partial charge on any atom is 0.316 e. The molecule has 0 bridgehead atoms. The maximum absolute atomic E-state index is 12.4. The molecule has 28 heavy (non-hydrogen) atoms. The van der Waals surface area contributed by atoms with E-state index in [1.165, 1.54) is 27.5 Å². The van der Waals surface area contributed by atoms with Gasteiger partial charge in [0.25, 0.3) is 5.69 Å². The summed E-state index contributed by atoms with van der Waals surface area (Å²) in [5.74, 6) is 0. The van der Waals surface area contributed by atoms with Gasteiger partial charge in [0, 0.05) is 30.6 Å².